The maximum atomic E-state index is 12.1. The van der Waals surface area contributed by atoms with E-state index in [-0.39, 0.29) is 22.1 Å². The summed E-state index contributed by atoms with van der Waals surface area (Å²) in [5.41, 5.74) is 0.0775. The van der Waals surface area contributed by atoms with Gasteiger partial charge < -0.3 is 20.6 Å². The van der Waals surface area contributed by atoms with Crippen LogP contribution < -0.4 is 9.46 Å². The maximum Gasteiger partial charge on any atom is 0.336 e. The normalized spacial score (nSPS) is 11.1. The van der Waals surface area contributed by atoms with Crippen LogP contribution in [0.25, 0.3) is 22.1 Å². The molecule has 18 heavy (non-hydrogen) atoms. The number of rotatable bonds is 0. The molecule has 0 saturated carbocycles. The second kappa shape index (κ2) is 3.36. The zero-order valence-corrected chi connectivity index (χ0v) is 9.07. The lowest BCUT2D eigenvalue weighted by molar-refractivity contribution is -0.591. The molecule has 0 bridgehead atoms. The summed E-state index contributed by atoms with van der Waals surface area (Å²) in [6.07, 6.45) is 0. The van der Waals surface area contributed by atoms with E-state index in [1.54, 1.807) is 12.1 Å². The van der Waals surface area contributed by atoms with Crippen LogP contribution in [-0.4, -0.2) is 10.2 Å². The van der Waals surface area contributed by atoms with E-state index in [4.69, 9.17) is 0 Å². The monoisotopic (exact) mass is 244 g/mol. The Morgan fingerprint density at radius 2 is 1.39 bits per heavy atom. The van der Waals surface area contributed by atoms with E-state index in [0.29, 0.717) is 9.46 Å². The average molecular weight is 244 g/mol. The van der Waals surface area contributed by atoms with Crippen molar-refractivity contribution in [1.82, 2.24) is 0 Å². The molecule has 0 fully saturated rings. The van der Waals surface area contributed by atoms with Crippen molar-refractivity contribution >= 4 is 22.1 Å². The highest BCUT2D eigenvalue weighted by molar-refractivity contribution is 5.82. The third kappa shape index (κ3) is 1.17. The fourth-order valence-corrected chi connectivity index (χ4v) is 1.98. The summed E-state index contributed by atoms with van der Waals surface area (Å²) in [5.74, 6) is -1.04. The molecule has 2 N–H and O–H groups in total. The molecule has 0 aliphatic carbocycles. The van der Waals surface area contributed by atoms with Gasteiger partial charge in [0, 0.05) is 18.2 Å². The quantitative estimate of drug-likeness (QED) is 0.263. The Labute approximate surface area is 101 Å². The summed E-state index contributed by atoms with van der Waals surface area (Å²) in [7, 11) is 0. The van der Waals surface area contributed by atoms with E-state index in [2.05, 4.69) is 0 Å². The van der Waals surface area contributed by atoms with Gasteiger partial charge in [-0.05, 0) is 6.07 Å². The summed E-state index contributed by atoms with van der Waals surface area (Å²) < 4.78 is 0.992. The van der Waals surface area contributed by atoms with Crippen molar-refractivity contribution in [1.29, 1.82) is 0 Å². The van der Waals surface area contributed by atoms with Crippen molar-refractivity contribution in [3.8, 4) is 11.5 Å². The van der Waals surface area contributed by atoms with Gasteiger partial charge in [0.1, 0.15) is 0 Å². The molecule has 90 valence electrons. The molecule has 6 nitrogen and oxygen atoms in total. The molecule has 0 aliphatic heterocycles. The highest BCUT2D eigenvalue weighted by Gasteiger charge is 2.25. The van der Waals surface area contributed by atoms with Crippen LogP contribution in [0.2, 0.25) is 0 Å². The SMILES string of the molecule is [O-][n+]1c2ccccc2[n+]([O-])c2c(O)c(O)ccc21. The first-order valence-electron chi connectivity index (χ1n) is 5.19. The van der Waals surface area contributed by atoms with Gasteiger partial charge >= 0.3 is 5.52 Å². The molecule has 0 atom stereocenters. The summed E-state index contributed by atoms with van der Waals surface area (Å²) >= 11 is 0. The summed E-state index contributed by atoms with van der Waals surface area (Å²) in [6, 6.07) is 8.70. The van der Waals surface area contributed by atoms with E-state index in [1.165, 1.54) is 24.3 Å². The number of hydrogen-bond acceptors (Lipinski definition) is 4. The lowest BCUT2D eigenvalue weighted by Gasteiger charge is -2.08. The lowest BCUT2D eigenvalue weighted by atomic mass is 10.2. The molecule has 2 aromatic carbocycles. The van der Waals surface area contributed by atoms with Crippen molar-refractivity contribution in [2.24, 2.45) is 0 Å². The van der Waals surface area contributed by atoms with Crippen LogP contribution in [0.3, 0.4) is 0 Å². The number of hydrogen-bond donors (Lipinski definition) is 2. The highest BCUT2D eigenvalue weighted by Crippen LogP contribution is 2.30. The van der Waals surface area contributed by atoms with E-state index in [9.17, 15) is 20.6 Å². The summed E-state index contributed by atoms with van der Waals surface area (Å²) in [6.45, 7) is 0. The minimum Gasteiger partial charge on any atom is -0.617 e. The molecule has 1 aromatic heterocycles. The van der Waals surface area contributed by atoms with E-state index >= 15 is 0 Å². The molecule has 0 amide bonds. The van der Waals surface area contributed by atoms with Crippen LogP contribution in [0.15, 0.2) is 36.4 Å². The first-order chi connectivity index (χ1) is 8.61. The van der Waals surface area contributed by atoms with Crippen molar-refractivity contribution < 1.29 is 19.7 Å². The van der Waals surface area contributed by atoms with Gasteiger partial charge in [-0.1, -0.05) is 12.1 Å². The van der Waals surface area contributed by atoms with Gasteiger partial charge in [0.25, 0.3) is 16.6 Å². The smallest absolute Gasteiger partial charge is 0.336 e. The van der Waals surface area contributed by atoms with E-state index < -0.39 is 11.5 Å². The number of phenols is 2. The second-order valence-electron chi connectivity index (χ2n) is 3.88. The molecule has 6 heteroatoms. The van der Waals surface area contributed by atoms with Gasteiger partial charge in [-0.3, -0.25) is 0 Å². The fraction of sp³-hybridized carbons (Fsp3) is 0. The highest BCUT2D eigenvalue weighted by atomic mass is 16.5. The Balaban J connectivity index is 2.67. The molecular weight excluding hydrogens is 236 g/mol. The van der Waals surface area contributed by atoms with Gasteiger partial charge in [0.05, 0.1) is 0 Å². The molecular formula is C12H8N2O4. The molecule has 1 heterocycles. The number of phenolic OH excluding ortho intramolecular Hbond substituents is 2. The molecule has 0 unspecified atom stereocenters. The molecule has 0 spiro atoms. The van der Waals surface area contributed by atoms with E-state index in [0.717, 1.165) is 0 Å². The number of nitrogens with zero attached hydrogens (tertiary/aromatic N) is 2. The van der Waals surface area contributed by atoms with Crippen molar-refractivity contribution in [3.05, 3.63) is 46.8 Å². The van der Waals surface area contributed by atoms with Crippen LogP contribution in [0, 0.1) is 10.4 Å². The van der Waals surface area contributed by atoms with Crippen LogP contribution in [-0.2, 0) is 0 Å². The van der Waals surface area contributed by atoms with Gasteiger partial charge in [-0.25, -0.2) is 0 Å². The lowest BCUT2D eigenvalue weighted by Crippen LogP contribution is -2.39. The van der Waals surface area contributed by atoms with Crippen molar-refractivity contribution in [3.63, 3.8) is 0 Å². The summed E-state index contributed by atoms with van der Waals surface area (Å²) in [5, 5.41) is 43.3. The number of fused-ring (bicyclic) bond motifs is 2. The van der Waals surface area contributed by atoms with Crippen LogP contribution in [0.1, 0.15) is 0 Å². The molecule has 0 aliphatic rings. The standard InChI is InChI=1S/C12H8N2O4/c15-10-6-5-9-11(12(10)16)14(18)8-4-2-1-3-7(8)13(9)17/h1-6,15-16H. The Hall–Kier alpha value is -2.76. The molecule has 3 aromatic rings. The number of benzene rings is 2. The van der Waals surface area contributed by atoms with Crippen LogP contribution in [0.5, 0.6) is 11.5 Å². The van der Waals surface area contributed by atoms with Crippen molar-refractivity contribution in [2.75, 3.05) is 0 Å². The second-order valence-corrected chi connectivity index (χ2v) is 3.88. The van der Waals surface area contributed by atoms with Gasteiger partial charge in [-0.15, -0.1) is 0 Å². The fourth-order valence-electron chi connectivity index (χ4n) is 1.98. The Bertz CT molecular complexity index is 786. The zero-order chi connectivity index (χ0) is 12.9. The first kappa shape index (κ1) is 10.4. The number of aromatic nitrogens is 2. The molecule has 3 rings (SSSR count). The van der Waals surface area contributed by atoms with E-state index in [1.807, 2.05) is 0 Å². The van der Waals surface area contributed by atoms with Gasteiger partial charge in [0.2, 0.25) is 5.75 Å². The molecule has 0 saturated heterocycles. The van der Waals surface area contributed by atoms with Crippen LogP contribution >= 0.6 is 0 Å². The summed E-state index contributed by atoms with van der Waals surface area (Å²) in [4.78, 5) is 0. The number of para-hydroxylation sites is 2. The topological polar surface area (TPSA) is 94.3 Å². The average Bonchev–Trinajstić information content (AvgIpc) is 2.39. The maximum absolute atomic E-state index is 12.1. The third-order valence-corrected chi connectivity index (χ3v) is 2.85. The van der Waals surface area contributed by atoms with Crippen molar-refractivity contribution in [2.45, 2.75) is 0 Å². The van der Waals surface area contributed by atoms with Gasteiger partial charge in [0.15, 0.2) is 5.75 Å². The molecule has 0 radical (unpaired) electrons. The Morgan fingerprint density at radius 1 is 0.778 bits per heavy atom. The number of aromatic hydroxyl groups is 2. The predicted molar refractivity (Wildman–Crippen MR) is 62.7 cm³/mol. The predicted octanol–water partition coefficient (Wildman–Crippen LogP) is 0.671. The van der Waals surface area contributed by atoms with Gasteiger partial charge in [-0.2, -0.15) is 9.46 Å². The Kier molecular flexibility index (Phi) is 1.94. The first-order valence-corrected chi connectivity index (χ1v) is 5.19. The minimum atomic E-state index is -0.599. The van der Waals surface area contributed by atoms with Crippen LogP contribution in [0.4, 0.5) is 0 Å². The zero-order valence-electron chi connectivity index (χ0n) is 9.07. The Morgan fingerprint density at radius 3 is 2.06 bits per heavy atom. The largest absolute Gasteiger partial charge is 0.617 e. The third-order valence-electron chi connectivity index (χ3n) is 2.85. The minimum absolute atomic E-state index is 0.000926.